The molecule has 1 aromatic carbocycles. The van der Waals surface area contributed by atoms with Crippen LogP contribution in [-0.4, -0.2) is 55.9 Å². The summed E-state index contributed by atoms with van der Waals surface area (Å²) in [7, 11) is 4.80. The number of aliphatic imine (C=N–C) groups is 1. The predicted molar refractivity (Wildman–Crippen MR) is 113 cm³/mol. The number of rotatable bonds is 6. The van der Waals surface area contributed by atoms with Crippen LogP contribution >= 0.6 is 0 Å². The number of methoxy groups -OCH3 is 3. The van der Waals surface area contributed by atoms with Crippen molar-refractivity contribution in [3.63, 3.8) is 0 Å². The van der Waals surface area contributed by atoms with Gasteiger partial charge in [-0.25, -0.2) is 4.98 Å². The molecule has 0 fully saturated rings. The average Bonchev–Trinajstić information content (AvgIpc) is 2.78. The molecule has 2 aromatic rings. The fraction of sp³-hybridized carbons (Fsp3) is 0.391. The third-order valence-electron chi connectivity index (χ3n) is 5.53. The topological polar surface area (TPSA) is 82.4 Å². The van der Waals surface area contributed by atoms with Gasteiger partial charge in [0, 0.05) is 23.7 Å². The fourth-order valence-electron chi connectivity index (χ4n) is 4.12. The van der Waals surface area contributed by atoms with Crippen LogP contribution < -0.4 is 18.9 Å². The minimum absolute atomic E-state index is 0.0473. The molecule has 0 bridgehead atoms. The molecule has 2 aliphatic rings. The second kappa shape index (κ2) is 8.36. The van der Waals surface area contributed by atoms with E-state index >= 15 is 0 Å². The lowest BCUT2D eigenvalue weighted by atomic mass is 9.77. The normalized spacial score (nSPS) is 21.9. The number of nitrogens with zero attached hydrogens (tertiary/aromatic N) is 2. The maximum Gasteiger partial charge on any atom is 0.216 e. The Hall–Kier alpha value is -3.06. The molecule has 0 spiro atoms. The van der Waals surface area contributed by atoms with E-state index in [4.69, 9.17) is 23.9 Å². The predicted octanol–water partition coefficient (Wildman–Crippen LogP) is 3.13. The number of aromatic nitrogens is 1. The quantitative estimate of drug-likeness (QED) is 0.737. The molecule has 0 saturated heterocycles. The Morgan fingerprint density at radius 2 is 1.77 bits per heavy atom. The number of benzene rings is 1. The second-order valence-corrected chi connectivity index (χ2v) is 7.21. The highest BCUT2D eigenvalue weighted by atomic mass is 16.5. The van der Waals surface area contributed by atoms with Crippen LogP contribution in [-0.2, 0) is 0 Å². The maximum absolute atomic E-state index is 10.2. The molecule has 7 nitrogen and oxygen atoms in total. The van der Waals surface area contributed by atoms with Crippen molar-refractivity contribution < 1.29 is 24.1 Å². The highest BCUT2D eigenvalue weighted by Crippen LogP contribution is 2.44. The lowest BCUT2D eigenvalue weighted by Gasteiger charge is -2.34. The van der Waals surface area contributed by atoms with Crippen LogP contribution in [0.3, 0.4) is 0 Å². The third kappa shape index (κ3) is 3.50. The van der Waals surface area contributed by atoms with Crippen molar-refractivity contribution in [3.05, 3.63) is 53.2 Å². The number of fused-ring (bicyclic) bond motifs is 3. The van der Waals surface area contributed by atoms with Crippen LogP contribution in [0, 0.1) is 0 Å². The standard InChI is InChI=1S/C23H26N2O5/c1-5-30-21-9-14-15-8-13(26)6-7-18(15)25-23(16(14)10-20(21)28-3)17-12-24-22(29-4)11-19(17)27-2/h6-7,9-13,15,18,26H,5,8H2,1-4H3/t13-,15+,18+/m0/s1. The van der Waals surface area contributed by atoms with Crippen molar-refractivity contribution in [1.29, 1.82) is 0 Å². The summed E-state index contributed by atoms with van der Waals surface area (Å²) in [6.07, 6.45) is 5.59. The Kier molecular flexibility index (Phi) is 5.63. The van der Waals surface area contributed by atoms with Crippen molar-refractivity contribution in [3.8, 4) is 23.1 Å². The molecular formula is C23H26N2O5. The van der Waals surface area contributed by atoms with Gasteiger partial charge in [0.15, 0.2) is 11.5 Å². The lowest BCUT2D eigenvalue weighted by Crippen LogP contribution is -2.31. The highest BCUT2D eigenvalue weighted by Gasteiger charge is 2.35. The van der Waals surface area contributed by atoms with E-state index in [2.05, 4.69) is 4.98 Å². The summed E-state index contributed by atoms with van der Waals surface area (Å²) in [4.78, 5) is 9.39. The number of ether oxygens (including phenoxy) is 4. The van der Waals surface area contributed by atoms with Crippen LogP contribution in [0.1, 0.15) is 36.0 Å². The highest BCUT2D eigenvalue weighted by molar-refractivity contribution is 6.16. The summed E-state index contributed by atoms with van der Waals surface area (Å²) in [5.41, 5.74) is 3.52. The molecule has 0 unspecified atom stereocenters. The molecule has 158 valence electrons. The van der Waals surface area contributed by atoms with E-state index < -0.39 is 6.10 Å². The van der Waals surface area contributed by atoms with E-state index in [0.29, 0.717) is 36.2 Å². The molecule has 0 saturated carbocycles. The minimum atomic E-state index is -0.495. The van der Waals surface area contributed by atoms with Crippen molar-refractivity contribution in [1.82, 2.24) is 4.98 Å². The zero-order chi connectivity index (χ0) is 21.3. The molecule has 4 rings (SSSR count). The molecule has 1 aromatic heterocycles. The average molecular weight is 410 g/mol. The number of pyridine rings is 1. The fourth-order valence-corrected chi connectivity index (χ4v) is 4.12. The molecular weight excluding hydrogens is 384 g/mol. The zero-order valence-corrected chi connectivity index (χ0v) is 17.6. The molecule has 1 aliphatic heterocycles. The van der Waals surface area contributed by atoms with E-state index in [-0.39, 0.29) is 12.0 Å². The van der Waals surface area contributed by atoms with Crippen molar-refractivity contribution >= 4 is 5.71 Å². The van der Waals surface area contributed by atoms with Gasteiger partial charge < -0.3 is 24.1 Å². The summed E-state index contributed by atoms with van der Waals surface area (Å²) in [6.45, 7) is 2.47. The zero-order valence-electron chi connectivity index (χ0n) is 17.6. The van der Waals surface area contributed by atoms with E-state index in [1.165, 1.54) is 0 Å². The van der Waals surface area contributed by atoms with Crippen LogP contribution in [0.2, 0.25) is 0 Å². The Morgan fingerprint density at radius 3 is 2.47 bits per heavy atom. The number of hydrogen-bond acceptors (Lipinski definition) is 7. The first-order chi connectivity index (χ1) is 14.6. The second-order valence-electron chi connectivity index (χ2n) is 7.21. The summed E-state index contributed by atoms with van der Waals surface area (Å²) in [5, 5.41) is 10.2. The SMILES string of the molecule is CCOc1cc2c(cc1OC)C(c1cnc(OC)cc1OC)=N[C@@H]1C=C[C@H](O)C[C@H]21. The van der Waals surface area contributed by atoms with Gasteiger partial charge in [-0.3, -0.25) is 4.99 Å². The smallest absolute Gasteiger partial charge is 0.216 e. The van der Waals surface area contributed by atoms with Gasteiger partial charge in [-0.05, 0) is 31.0 Å². The lowest BCUT2D eigenvalue weighted by molar-refractivity contribution is 0.190. The molecule has 2 heterocycles. The first kappa shape index (κ1) is 20.2. The van der Waals surface area contributed by atoms with Crippen LogP contribution in [0.15, 0.2) is 41.5 Å². The first-order valence-corrected chi connectivity index (χ1v) is 9.97. The monoisotopic (exact) mass is 410 g/mol. The van der Waals surface area contributed by atoms with Gasteiger partial charge in [0.05, 0.1) is 51.4 Å². The summed E-state index contributed by atoms with van der Waals surface area (Å²) in [5.74, 6) is 2.45. The van der Waals surface area contributed by atoms with Gasteiger partial charge >= 0.3 is 0 Å². The molecule has 0 amide bonds. The van der Waals surface area contributed by atoms with Crippen LogP contribution in [0.25, 0.3) is 0 Å². The summed E-state index contributed by atoms with van der Waals surface area (Å²) in [6, 6.07) is 5.62. The maximum atomic E-state index is 10.2. The Bertz CT molecular complexity index is 1000. The molecule has 30 heavy (non-hydrogen) atoms. The van der Waals surface area contributed by atoms with Crippen molar-refractivity contribution in [2.24, 2.45) is 4.99 Å². The molecule has 0 radical (unpaired) electrons. The van der Waals surface area contributed by atoms with Gasteiger partial charge in [-0.1, -0.05) is 12.2 Å². The number of aliphatic hydroxyl groups is 1. The largest absolute Gasteiger partial charge is 0.496 e. The summed E-state index contributed by atoms with van der Waals surface area (Å²) < 4.78 is 22.3. The van der Waals surface area contributed by atoms with Gasteiger partial charge in [-0.15, -0.1) is 0 Å². The van der Waals surface area contributed by atoms with Gasteiger partial charge in [0.25, 0.3) is 0 Å². The molecule has 7 heteroatoms. The van der Waals surface area contributed by atoms with E-state index in [1.54, 1.807) is 33.6 Å². The van der Waals surface area contributed by atoms with E-state index in [9.17, 15) is 5.11 Å². The molecule has 3 atom stereocenters. The van der Waals surface area contributed by atoms with Gasteiger partial charge in [-0.2, -0.15) is 0 Å². The first-order valence-electron chi connectivity index (χ1n) is 9.97. The third-order valence-corrected chi connectivity index (χ3v) is 5.53. The Labute approximate surface area is 176 Å². The van der Waals surface area contributed by atoms with E-state index in [0.717, 1.165) is 22.4 Å². The summed E-state index contributed by atoms with van der Waals surface area (Å²) >= 11 is 0. The molecule has 1 aliphatic carbocycles. The van der Waals surface area contributed by atoms with E-state index in [1.807, 2.05) is 31.2 Å². The van der Waals surface area contributed by atoms with Crippen LogP contribution in [0.5, 0.6) is 23.1 Å². The minimum Gasteiger partial charge on any atom is -0.496 e. The Morgan fingerprint density at radius 1 is 0.967 bits per heavy atom. The van der Waals surface area contributed by atoms with Gasteiger partial charge in [0.1, 0.15) is 5.75 Å². The van der Waals surface area contributed by atoms with Crippen LogP contribution in [0.4, 0.5) is 0 Å². The Balaban J connectivity index is 1.93. The van der Waals surface area contributed by atoms with Crippen molar-refractivity contribution in [2.45, 2.75) is 31.4 Å². The number of hydrogen-bond donors (Lipinski definition) is 1. The molecule has 1 N–H and O–H groups in total. The number of aliphatic hydroxyl groups excluding tert-OH is 1. The van der Waals surface area contributed by atoms with Gasteiger partial charge in [0.2, 0.25) is 5.88 Å². The van der Waals surface area contributed by atoms with Crippen molar-refractivity contribution in [2.75, 3.05) is 27.9 Å².